The van der Waals surface area contributed by atoms with Gasteiger partial charge in [0.1, 0.15) is 0 Å². The molecule has 0 spiro atoms. The van der Waals surface area contributed by atoms with E-state index in [2.05, 4.69) is 44.8 Å². The van der Waals surface area contributed by atoms with Crippen molar-refractivity contribution in [2.75, 3.05) is 29.7 Å². The summed E-state index contributed by atoms with van der Waals surface area (Å²) in [4.78, 5) is 14.5. The normalized spacial score (nSPS) is 10.2. The third kappa shape index (κ3) is 3.33. The number of nitrogens with zero attached hydrogens (tertiary/aromatic N) is 4. The number of nitrogen functional groups attached to an aromatic ring is 1. The van der Waals surface area contributed by atoms with Crippen LogP contribution in [0, 0.1) is 6.92 Å². The predicted molar refractivity (Wildman–Crippen MR) is 80.5 cm³/mol. The van der Waals surface area contributed by atoms with Crippen LogP contribution < -0.4 is 21.5 Å². The lowest BCUT2D eigenvalue weighted by molar-refractivity contribution is 0.938. The molecular formula is C13H19N7. The van der Waals surface area contributed by atoms with Crippen molar-refractivity contribution in [2.24, 2.45) is 5.84 Å². The molecule has 1 aromatic carbocycles. The van der Waals surface area contributed by atoms with Crippen LogP contribution >= 0.6 is 0 Å². The minimum Gasteiger partial charge on any atom is -0.350 e. The molecule has 0 fully saturated rings. The average Bonchev–Trinajstić information content (AvgIpc) is 2.46. The zero-order valence-electron chi connectivity index (χ0n) is 11.9. The molecule has 0 atom stereocenters. The van der Waals surface area contributed by atoms with Gasteiger partial charge in [-0.15, -0.1) is 0 Å². The van der Waals surface area contributed by atoms with E-state index in [1.807, 2.05) is 26.2 Å². The molecule has 7 nitrogen and oxygen atoms in total. The Morgan fingerprint density at radius 2 is 1.80 bits per heavy atom. The number of hydrogen-bond acceptors (Lipinski definition) is 7. The third-order valence-electron chi connectivity index (χ3n) is 2.85. The molecule has 0 unspecified atom stereocenters. The smallest absolute Gasteiger partial charge is 0.243 e. The highest BCUT2D eigenvalue weighted by Gasteiger charge is 2.07. The second-order valence-electron chi connectivity index (χ2n) is 4.60. The molecule has 0 amide bonds. The molecular weight excluding hydrogens is 254 g/mol. The summed E-state index contributed by atoms with van der Waals surface area (Å²) in [5.74, 6) is 6.73. The third-order valence-corrected chi connectivity index (χ3v) is 2.85. The van der Waals surface area contributed by atoms with Gasteiger partial charge in [0.25, 0.3) is 0 Å². The lowest BCUT2D eigenvalue weighted by Crippen LogP contribution is -2.19. The molecule has 2 aromatic rings. The van der Waals surface area contributed by atoms with Crippen LogP contribution in [0.1, 0.15) is 11.1 Å². The van der Waals surface area contributed by atoms with Crippen LogP contribution in [0.25, 0.3) is 0 Å². The van der Waals surface area contributed by atoms with E-state index in [-0.39, 0.29) is 0 Å². The summed E-state index contributed by atoms with van der Waals surface area (Å²) < 4.78 is 0. The van der Waals surface area contributed by atoms with Crippen molar-refractivity contribution < 1.29 is 0 Å². The van der Waals surface area contributed by atoms with Crippen LogP contribution in [-0.2, 0) is 6.54 Å². The van der Waals surface area contributed by atoms with Gasteiger partial charge < -0.3 is 10.2 Å². The Bertz CT molecular complexity index is 583. The van der Waals surface area contributed by atoms with E-state index in [0.29, 0.717) is 24.4 Å². The molecule has 4 N–H and O–H groups in total. The Kier molecular flexibility index (Phi) is 4.31. The van der Waals surface area contributed by atoms with Crippen molar-refractivity contribution in [1.29, 1.82) is 0 Å². The van der Waals surface area contributed by atoms with E-state index in [0.717, 1.165) is 0 Å². The summed E-state index contributed by atoms with van der Waals surface area (Å²) >= 11 is 0. The van der Waals surface area contributed by atoms with Gasteiger partial charge in [0.05, 0.1) is 0 Å². The first-order valence-electron chi connectivity index (χ1n) is 6.28. The first kappa shape index (κ1) is 14.0. The maximum Gasteiger partial charge on any atom is 0.243 e. The number of benzene rings is 1. The molecule has 0 saturated carbocycles. The van der Waals surface area contributed by atoms with Crippen LogP contribution in [-0.4, -0.2) is 29.0 Å². The Hall–Kier alpha value is -2.41. The van der Waals surface area contributed by atoms with Crippen LogP contribution in [0.2, 0.25) is 0 Å². The number of nitrogens with one attached hydrogen (secondary N) is 2. The van der Waals surface area contributed by atoms with Crippen molar-refractivity contribution in [2.45, 2.75) is 13.5 Å². The lowest BCUT2D eigenvalue weighted by Gasteiger charge is -2.13. The molecule has 0 aliphatic rings. The fourth-order valence-corrected chi connectivity index (χ4v) is 1.69. The van der Waals surface area contributed by atoms with Gasteiger partial charge in [-0.05, 0) is 18.1 Å². The topological polar surface area (TPSA) is 92.0 Å². The maximum absolute atomic E-state index is 5.37. The van der Waals surface area contributed by atoms with Crippen molar-refractivity contribution >= 4 is 17.8 Å². The molecule has 20 heavy (non-hydrogen) atoms. The van der Waals surface area contributed by atoms with E-state index >= 15 is 0 Å². The highest BCUT2D eigenvalue weighted by molar-refractivity contribution is 5.43. The van der Waals surface area contributed by atoms with E-state index in [1.54, 1.807) is 4.90 Å². The van der Waals surface area contributed by atoms with E-state index in [9.17, 15) is 0 Å². The molecule has 0 aliphatic heterocycles. The number of aryl methyl sites for hydroxylation is 1. The van der Waals surface area contributed by atoms with Gasteiger partial charge in [0, 0.05) is 20.6 Å². The van der Waals surface area contributed by atoms with E-state index < -0.39 is 0 Å². The van der Waals surface area contributed by atoms with Crippen molar-refractivity contribution in [1.82, 2.24) is 15.0 Å². The van der Waals surface area contributed by atoms with Crippen LogP contribution in [0.15, 0.2) is 24.3 Å². The van der Waals surface area contributed by atoms with Gasteiger partial charge in [-0.3, -0.25) is 5.43 Å². The fraction of sp³-hybridized carbons (Fsp3) is 0.308. The number of rotatable bonds is 5. The molecule has 1 heterocycles. The molecule has 0 saturated heterocycles. The van der Waals surface area contributed by atoms with Gasteiger partial charge in [-0.1, -0.05) is 24.3 Å². The minimum absolute atomic E-state index is 0.330. The van der Waals surface area contributed by atoms with Crippen molar-refractivity contribution in [3.05, 3.63) is 35.4 Å². The number of nitrogens with two attached hydrogens (primary N) is 1. The first-order chi connectivity index (χ1) is 9.60. The minimum atomic E-state index is 0.330. The largest absolute Gasteiger partial charge is 0.350 e. The predicted octanol–water partition coefficient (Wildman–Crippen LogP) is 1.14. The molecule has 0 bridgehead atoms. The SMILES string of the molecule is Cc1ccccc1CNc1nc(NN)nc(N(C)C)n1. The molecule has 2 rings (SSSR count). The van der Waals surface area contributed by atoms with Gasteiger partial charge >= 0.3 is 0 Å². The Labute approximate surface area is 118 Å². The fourth-order valence-electron chi connectivity index (χ4n) is 1.69. The van der Waals surface area contributed by atoms with Crippen LogP contribution in [0.5, 0.6) is 0 Å². The highest BCUT2D eigenvalue weighted by atomic mass is 15.4. The average molecular weight is 273 g/mol. The van der Waals surface area contributed by atoms with Gasteiger partial charge in [-0.25, -0.2) is 5.84 Å². The number of hydrogen-bond donors (Lipinski definition) is 3. The number of anilines is 3. The molecule has 0 aliphatic carbocycles. The Balaban J connectivity index is 2.17. The Morgan fingerprint density at radius 1 is 1.10 bits per heavy atom. The van der Waals surface area contributed by atoms with Gasteiger partial charge in [0.15, 0.2) is 0 Å². The second-order valence-corrected chi connectivity index (χ2v) is 4.60. The summed E-state index contributed by atoms with van der Waals surface area (Å²) in [6.45, 7) is 2.72. The van der Waals surface area contributed by atoms with Crippen molar-refractivity contribution in [3.8, 4) is 0 Å². The molecule has 7 heteroatoms. The number of hydrazine groups is 1. The summed E-state index contributed by atoms with van der Waals surface area (Å²) in [6.07, 6.45) is 0. The van der Waals surface area contributed by atoms with Crippen molar-refractivity contribution in [3.63, 3.8) is 0 Å². The quantitative estimate of drug-likeness (QED) is 0.556. The zero-order valence-corrected chi connectivity index (χ0v) is 11.9. The summed E-state index contributed by atoms with van der Waals surface area (Å²) in [7, 11) is 3.72. The maximum atomic E-state index is 5.37. The number of aromatic nitrogens is 3. The van der Waals surface area contributed by atoms with E-state index in [1.165, 1.54) is 11.1 Å². The van der Waals surface area contributed by atoms with Crippen LogP contribution in [0.3, 0.4) is 0 Å². The first-order valence-corrected chi connectivity index (χ1v) is 6.28. The van der Waals surface area contributed by atoms with Gasteiger partial charge in [0.2, 0.25) is 17.8 Å². The summed E-state index contributed by atoms with van der Waals surface area (Å²) in [5, 5.41) is 3.19. The zero-order chi connectivity index (χ0) is 14.5. The Morgan fingerprint density at radius 3 is 2.45 bits per heavy atom. The molecule has 106 valence electrons. The highest BCUT2D eigenvalue weighted by Crippen LogP contribution is 2.13. The monoisotopic (exact) mass is 273 g/mol. The van der Waals surface area contributed by atoms with Gasteiger partial charge in [-0.2, -0.15) is 15.0 Å². The summed E-state index contributed by atoms with van der Waals surface area (Å²) in [5.41, 5.74) is 4.86. The molecule has 1 aromatic heterocycles. The lowest BCUT2D eigenvalue weighted by atomic mass is 10.1. The van der Waals surface area contributed by atoms with E-state index in [4.69, 9.17) is 5.84 Å². The molecule has 0 radical (unpaired) electrons. The second kappa shape index (κ2) is 6.16. The standard InChI is InChI=1S/C13H19N7/c1-9-6-4-5-7-10(9)8-15-11-16-12(19-14)18-13(17-11)20(2)3/h4-7H,8,14H2,1-3H3,(H2,15,16,17,18,19). The summed E-state index contributed by atoms with van der Waals surface area (Å²) in [6, 6.07) is 8.17. The van der Waals surface area contributed by atoms with Crippen LogP contribution in [0.4, 0.5) is 17.8 Å².